The number of pyridine rings is 1. The van der Waals surface area contributed by atoms with Gasteiger partial charge in [0.25, 0.3) is 0 Å². The molecule has 1 aromatic carbocycles. The van der Waals surface area contributed by atoms with Gasteiger partial charge >= 0.3 is 0 Å². The molecule has 0 radical (unpaired) electrons. The van der Waals surface area contributed by atoms with Crippen LogP contribution in [0.3, 0.4) is 0 Å². The fraction of sp³-hybridized carbons (Fsp3) is 0.353. The van der Waals surface area contributed by atoms with Crippen LogP contribution < -0.4 is 10.1 Å². The normalized spacial score (nSPS) is 19.4. The Bertz CT molecular complexity index is 597. The maximum atomic E-state index is 6.30. The molecule has 0 saturated carbocycles. The summed E-state index contributed by atoms with van der Waals surface area (Å²) in [7, 11) is 0. The molecule has 1 aliphatic rings. The number of nitrogens with zero attached hydrogens (tertiary/aromatic N) is 1. The zero-order valence-corrected chi connectivity index (χ0v) is 13.6. The Morgan fingerprint density at radius 1 is 1.33 bits per heavy atom. The van der Waals surface area contributed by atoms with Crippen molar-refractivity contribution in [3.05, 3.63) is 58.2 Å². The lowest BCUT2D eigenvalue weighted by Gasteiger charge is -2.25. The largest absolute Gasteiger partial charge is 0.469 e. The molecule has 1 fully saturated rings. The molecule has 3 nitrogen and oxygen atoms in total. The van der Waals surface area contributed by atoms with E-state index in [0.29, 0.717) is 5.92 Å². The second kappa shape index (κ2) is 6.58. The Morgan fingerprint density at radius 3 is 2.81 bits per heavy atom. The molecule has 0 spiro atoms. The summed E-state index contributed by atoms with van der Waals surface area (Å²) in [5, 5.41) is 3.42. The third-order valence-corrected chi connectivity index (χ3v) is 4.32. The van der Waals surface area contributed by atoms with Crippen molar-refractivity contribution in [2.45, 2.75) is 19.4 Å². The third-order valence-electron chi connectivity index (χ3n) is 3.89. The molecule has 1 N–H and O–H groups in total. The van der Waals surface area contributed by atoms with Gasteiger partial charge in [0, 0.05) is 28.7 Å². The first kappa shape index (κ1) is 14.5. The van der Waals surface area contributed by atoms with Crippen LogP contribution in [0.1, 0.15) is 23.7 Å². The molecule has 0 amide bonds. The Kier molecular flexibility index (Phi) is 4.56. The summed E-state index contributed by atoms with van der Waals surface area (Å²) in [6.07, 6.45) is 2.97. The summed E-state index contributed by atoms with van der Waals surface area (Å²) in [5.74, 6) is 1.20. The summed E-state index contributed by atoms with van der Waals surface area (Å²) in [6, 6.07) is 12.5. The lowest BCUT2D eigenvalue weighted by atomic mass is 9.95. The van der Waals surface area contributed by atoms with Crippen LogP contribution in [0, 0.1) is 12.8 Å². The number of nitrogens with one attached hydrogen (secondary N) is 1. The van der Waals surface area contributed by atoms with E-state index in [1.165, 1.54) is 5.56 Å². The lowest BCUT2D eigenvalue weighted by molar-refractivity contribution is 0.137. The molecule has 2 aromatic rings. The molecular formula is C17H19BrN2O. The van der Waals surface area contributed by atoms with Gasteiger partial charge in [-0.05, 0) is 47.4 Å². The Hall–Kier alpha value is -1.39. The van der Waals surface area contributed by atoms with Crippen LogP contribution in [-0.2, 0) is 0 Å². The van der Waals surface area contributed by atoms with Gasteiger partial charge in [0.2, 0.25) is 5.88 Å². The van der Waals surface area contributed by atoms with E-state index in [1.807, 2.05) is 19.1 Å². The van der Waals surface area contributed by atoms with E-state index in [2.05, 4.69) is 50.5 Å². The molecule has 21 heavy (non-hydrogen) atoms. The van der Waals surface area contributed by atoms with Crippen molar-refractivity contribution in [3.8, 4) is 5.88 Å². The van der Waals surface area contributed by atoms with E-state index >= 15 is 0 Å². The van der Waals surface area contributed by atoms with Gasteiger partial charge in [0.1, 0.15) is 6.10 Å². The van der Waals surface area contributed by atoms with Crippen LogP contribution >= 0.6 is 15.9 Å². The first-order valence-corrected chi connectivity index (χ1v) is 8.08. The van der Waals surface area contributed by atoms with Crippen LogP contribution in [0.15, 0.2) is 47.1 Å². The topological polar surface area (TPSA) is 34.1 Å². The number of aryl methyl sites for hydroxylation is 1. The second-order valence-electron chi connectivity index (χ2n) is 5.48. The molecule has 0 bridgehead atoms. The van der Waals surface area contributed by atoms with E-state index in [9.17, 15) is 0 Å². The molecule has 110 valence electrons. The number of aromatic nitrogens is 1. The van der Waals surface area contributed by atoms with Crippen LogP contribution in [-0.4, -0.2) is 18.1 Å². The van der Waals surface area contributed by atoms with Crippen molar-refractivity contribution in [3.63, 3.8) is 0 Å². The SMILES string of the molecule is Cc1cc(Br)cnc1OC(c1ccccc1)[C@H]1CCNC1. The summed E-state index contributed by atoms with van der Waals surface area (Å²) < 4.78 is 7.28. The van der Waals surface area contributed by atoms with Gasteiger partial charge in [-0.25, -0.2) is 4.98 Å². The van der Waals surface area contributed by atoms with Crippen molar-refractivity contribution in [2.24, 2.45) is 5.92 Å². The van der Waals surface area contributed by atoms with Crippen LogP contribution in [0.5, 0.6) is 5.88 Å². The number of halogens is 1. The van der Waals surface area contributed by atoms with Crippen LogP contribution in [0.25, 0.3) is 0 Å². The van der Waals surface area contributed by atoms with Gasteiger partial charge < -0.3 is 10.1 Å². The van der Waals surface area contributed by atoms with Crippen molar-refractivity contribution >= 4 is 15.9 Å². The first-order chi connectivity index (χ1) is 10.2. The van der Waals surface area contributed by atoms with Crippen molar-refractivity contribution in [1.82, 2.24) is 10.3 Å². The fourth-order valence-corrected chi connectivity index (χ4v) is 3.23. The van der Waals surface area contributed by atoms with E-state index in [0.717, 1.165) is 35.4 Å². The number of hydrogen-bond donors (Lipinski definition) is 1. The highest BCUT2D eigenvalue weighted by Crippen LogP contribution is 2.32. The van der Waals surface area contributed by atoms with Crippen molar-refractivity contribution in [2.75, 3.05) is 13.1 Å². The molecule has 2 atom stereocenters. The number of rotatable bonds is 4. The molecule has 4 heteroatoms. The first-order valence-electron chi connectivity index (χ1n) is 7.28. The smallest absolute Gasteiger partial charge is 0.216 e. The standard InChI is InChI=1S/C17H19BrN2O/c1-12-9-15(18)11-20-17(12)21-16(14-7-8-19-10-14)13-5-3-2-4-6-13/h2-6,9,11,14,16,19H,7-8,10H2,1H3/t14-,16?/m0/s1. The lowest BCUT2D eigenvalue weighted by Crippen LogP contribution is -2.22. The molecule has 1 aromatic heterocycles. The highest BCUT2D eigenvalue weighted by Gasteiger charge is 2.28. The van der Waals surface area contributed by atoms with Crippen molar-refractivity contribution < 1.29 is 4.74 Å². The summed E-state index contributed by atoms with van der Waals surface area (Å²) >= 11 is 3.45. The number of ether oxygens (including phenoxy) is 1. The second-order valence-corrected chi connectivity index (χ2v) is 6.39. The average molecular weight is 347 g/mol. The van der Waals surface area contributed by atoms with E-state index < -0.39 is 0 Å². The Labute approximate surface area is 133 Å². The van der Waals surface area contributed by atoms with Gasteiger partial charge in [-0.1, -0.05) is 30.3 Å². The third kappa shape index (κ3) is 3.44. The van der Waals surface area contributed by atoms with Gasteiger partial charge in [-0.15, -0.1) is 0 Å². The van der Waals surface area contributed by atoms with Gasteiger partial charge in [-0.3, -0.25) is 0 Å². The van der Waals surface area contributed by atoms with Gasteiger partial charge in [0.15, 0.2) is 0 Å². The predicted octanol–water partition coefficient (Wildman–Crippen LogP) is 3.88. The Morgan fingerprint density at radius 2 is 2.14 bits per heavy atom. The Balaban J connectivity index is 1.88. The molecule has 0 aliphatic carbocycles. The molecule has 1 unspecified atom stereocenters. The van der Waals surface area contributed by atoms with Crippen molar-refractivity contribution in [1.29, 1.82) is 0 Å². The predicted molar refractivity (Wildman–Crippen MR) is 87.5 cm³/mol. The van der Waals surface area contributed by atoms with Gasteiger partial charge in [-0.2, -0.15) is 0 Å². The maximum absolute atomic E-state index is 6.30. The molecule has 1 saturated heterocycles. The zero-order valence-electron chi connectivity index (χ0n) is 12.1. The molecule has 1 aliphatic heterocycles. The van der Waals surface area contributed by atoms with E-state index in [-0.39, 0.29) is 6.10 Å². The molecule has 2 heterocycles. The highest BCUT2D eigenvalue weighted by atomic mass is 79.9. The van der Waals surface area contributed by atoms with Gasteiger partial charge in [0.05, 0.1) is 0 Å². The quantitative estimate of drug-likeness (QED) is 0.911. The minimum atomic E-state index is 0.0496. The molecule has 3 rings (SSSR count). The van der Waals surface area contributed by atoms with Crippen LogP contribution in [0.2, 0.25) is 0 Å². The minimum absolute atomic E-state index is 0.0496. The monoisotopic (exact) mass is 346 g/mol. The zero-order chi connectivity index (χ0) is 14.7. The van der Waals surface area contributed by atoms with Crippen LogP contribution in [0.4, 0.5) is 0 Å². The van der Waals surface area contributed by atoms with E-state index in [4.69, 9.17) is 4.74 Å². The van der Waals surface area contributed by atoms with E-state index in [1.54, 1.807) is 6.20 Å². The maximum Gasteiger partial charge on any atom is 0.216 e. The molecular weight excluding hydrogens is 328 g/mol. The summed E-state index contributed by atoms with van der Waals surface area (Å²) in [6.45, 7) is 4.08. The number of hydrogen-bond acceptors (Lipinski definition) is 3. The minimum Gasteiger partial charge on any atom is -0.469 e. The highest BCUT2D eigenvalue weighted by molar-refractivity contribution is 9.10. The number of benzene rings is 1. The summed E-state index contributed by atoms with van der Waals surface area (Å²) in [4.78, 5) is 4.43. The average Bonchev–Trinajstić information content (AvgIpc) is 3.01. The summed E-state index contributed by atoms with van der Waals surface area (Å²) in [5.41, 5.74) is 2.27. The fourth-order valence-electron chi connectivity index (χ4n) is 2.79.